The normalized spacial score (nSPS) is 10.4. The van der Waals surface area contributed by atoms with E-state index in [1.54, 1.807) is 17.3 Å². The van der Waals surface area contributed by atoms with Crippen LogP contribution < -0.4 is 10.2 Å². The smallest absolute Gasteiger partial charge is 0.259 e. The number of amides is 1. The summed E-state index contributed by atoms with van der Waals surface area (Å²) in [5.41, 5.74) is 4.76. The summed E-state index contributed by atoms with van der Waals surface area (Å²) in [4.78, 5) is 19.0. The highest BCUT2D eigenvalue weighted by molar-refractivity contribution is 6.06. The van der Waals surface area contributed by atoms with Crippen molar-refractivity contribution in [1.29, 1.82) is 0 Å². The lowest BCUT2D eigenvalue weighted by atomic mass is 10.1. The Morgan fingerprint density at radius 2 is 1.85 bits per heavy atom. The first kappa shape index (κ1) is 18.6. The fourth-order valence-corrected chi connectivity index (χ4v) is 3.04. The molecule has 0 fully saturated rings. The van der Waals surface area contributed by atoms with Crippen LogP contribution >= 0.6 is 0 Å². The van der Waals surface area contributed by atoms with Gasteiger partial charge in [0.25, 0.3) is 5.91 Å². The second kappa shape index (κ2) is 8.99. The van der Waals surface area contributed by atoms with Crippen LogP contribution in [0, 0.1) is 6.92 Å². The Labute approximate surface area is 160 Å². The summed E-state index contributed by atoms with van der Waals surface area (Å²) in [6.45, 7) is 5.41. The Bertz CT molecular complexity index is 893. The molecule has 3 aromatic rings. The minimum Gasteiger partial charge on any atom is -0.383 e. The Morgan fingerprint density at radius 1 is 1.04 bits per heavy atom. The minimum atomic E-state index is -0.0395. The highest BCUT2D eigenvalue weighted by atomic mass is 16.2. The van der Waals surface area contributed by atoms with Crippen LogP contribution in [0.15, 0.2) is 73.1 Å². The van der Waals surface area contributed by atoms with Crippen LogP contribution in [0.2, 0.25) is 0 Å². The van der Waals surface area contributed by atoms with Gasteiger partial charge >= 0.3 is 0 Å². The zero-order valence-corrected chi connectivity index (χ0v) is 15.9. The Morgan fingerprint density at radius 3 is 2.59 bits per heavy atom. The summed E-state index contributed by atoms with van der Waals surface area (Å²) in [5, 5.41) is 3.36. The number of rotatable bonds is 7. The minimum absolute atomic E-state index is 0.0395. The maximum absolute atomic E-state index is 13.0. The van der Waals surface area contributed by atoms with Crippen molar-refractivity contribution in [2.24, 2.45) is 0 Å². The summed E-state index contributed by atoms with van der Waals surface area (Å²) in [5.74, 6) is -0.0395. The molecular formula is C23H25N3O. The first-order valence-electron chi connectivity index (χ1n) is 9.28. The number of aromatic nitrogens is 1. The number of nitrogens with one attached hydrogen (secondary N) is 1. The largest absolute Gasteiger partial charge is 0.383 e. The molecule has 0 unspecified atom stereocenters. The fraction of sp³-hybridized carbons (Fsp3) is 0.217. The van der Waals surface area contributed by atoms with Gasteiger partial charge in [0, 0.05) is 31.2 Å². The molecule has 2 aromatic carbocycles. The Kier molecular flexibility index (Phi) is 6.21. The molecule has 4 nitrogen and oxygen atoms in total. The number of aryl methyl sites for hydroxylation is 1. The number of nitrogens with zero attached hydrogens (tertiary/aromatic N) is 2. The van der Waals surface area contributed by atoms with E-state index >= 15 is 0 Å². The van der Waals surface area contributed by atoms with Crippen LogP contribution in [0.5, 0.6) is 0 Å². The number of hydrogen-bond donors (Lipinski definition) is 1. The van der Waals surface area contributed by atoms with Crippen molar-refractivity contribution in [2.45, 2.75) is 20.3 Å². The van der Waals surface area contributed by atoms with Crippen molar-refractivity contribution in [3.05, 3.63) is 89.7 Å². The van der Waals surface area contributed by atoms with Gasteiger partial charge in [0.15, 0.2) is 0 Å². The first-order valence-corrected chi connectivity index (χ1v) is 9.28. The van der Waals surface area contributed by atoms with Gasteiger partial charge in [0.05, 0.1) is 11.3 Å². The maximum Gasteiger partial charge on any atom is 0.259 e. The number of benzene rings is 2. The summed E-state index contributed by atoms with van der Waals surface area (Å²) in [6, 6.07) is 20.2. The van der Waals surface area contributed by atoms with Crippen LogP contribution in [-0.4, -0.2) is 24.0 Å². The van der Waals surface area contributed by atoms with E-state index in [2.05, 4.69) is 22.4 Å². The molecule has 4 heteroatoms. The van der Waals surface area contributed by atoms with Crippen molar-refractivity contribution >= 4 is 17.3 Å². The summed E-state index contributed by atoms with van der Waals surface area (Å²) < 4.78 is 0. The molecule has 0 aliphatic rings. The zero-order chi connectivity index (χ0) is 19.1. The molecule has 0 saturated heterocycles. The molecule has 0 atom stereocenters. The predicted molar refractivity (Wildman–Crippen MR) is 111 cm³/mol. The van der Waals surface area contributed by atoms with Crippen LogP contribution in [0.1, 0.15) is 28.4 Å². The molecule has 0 spiro atoms. The van der Waals surface area contributed by atoms with E-state index in [-0.39, 0.29) is 5.91 Å². The molecule has 0 saturated carbocycles. The zero-order valence-electron chi connectivity index (χ0n) is 15.9. The second-order valence-corrected chi connectivity index (χ2v) is 6.51. The van der Waals surface area contributed by atoms with Gasteiger partial charge in [-0.25, -0.2) is 0 Å². The highest BCUT2D eigenvalue weighted by Crippen LogP contribution is 2.19. The summed E-state index contributed by atoms with van der Waals surface area (Å²) >= 11 is 0. The number of carbonyl (C=O) groups is 1. The van der Waals surface area contributed by atoms with Crippen LogP contribution in [0.25, 0.3) is 0 Å². The lowest BCUT2D eigenvalue weighted by Gasteiger charge is -2.21. The van der Waals surface area contributed by atoms with Crippen molar-refractivity contribution in [3.63, 3.8) is 0 Å². The van der Waals surface area contributed by atoms with Crippen molar-refractivity contribution < 1.29 is 4.79 Å². The fourth-order valence-electron chi connectivity index (χ4n) is 3.04. The average Bonchev–Trinajstić information content (AvgIpc) is 2.70. The second-order valence-electron chi connectivity index (χ2n) is 6.51. The number of pyridine rings is 1. The third kappa shape index (κ3) is 4.94. The molecule has 0 aliphatic carbocycles. The third-order valence-corrected chi connectivity index (χ3v) is 4.45. The summed E-state index contributed by atoms with van der Waals surface area (Å²) in [6.07, 6.45) is 4.30. The van der Waals surface area contributed by atoms with E-state index in [1.807, 2.05) is 62.4 Å². The van der Waals surface area contributed by atoms with E-state index in [9.17, 15) is 4.79 Å². The number of hydrogen-bond acceptors (Lipinski definition) is 3. The molecule has 1 N–H and O–H groups in total. The van der Waals surface area contributed by atoms with Crippen molar-refractivity contribution in [1.82, 2.24) is 4.98 Å². The molecule has 0 aliphatic heterocycles. The summed E-state index contributed by atoms with van der Waals surface area (Å²) in [7, 11) is 0. The molecule has 1 heterocycles. The maximum atomic E-state index is 13.0. The highest BCUT2D eigenvalue weighted by Gasteiger charge is 2.17. The molecule has 1 amide bonds. The van der Waals surface area contributed by atoms with E-state index in [4.69, 9.17) is 0 Å². The van der Waals surface area contributed by atoms with E-state index in [0.717, 1.165) is 29.9 Å². The first-order chi connectivity index (χ1) is 13.2. The van der Waals surface area contributed by atoms with Crippen LogP contribution in [-0.2, 0) is 6.42 Å². The molecule has 0 radical (unpaired) electrons. The van der Waals surface area contributed by atoms with Gasteiger partial charge in [-0.1, -0.05) is 42.5 Å². The molecular weight excluding hydrogens is 334 g/mol. The van der Waals surface area contributed by atoms with Gasteiger partial charge in [-0.05, 0) is 49.6 Å². The van der Waals surface area contributed by atoms with Crippen LogP contribution in [0.4, 0.5) is 11.4 Å². The van der Waals surface area contributed by atoms with Gasteiger partial charge < -0.3 is 10.2 Å². The lowest BCUT2D eigenvalue weighted by Crippen LogP contribution is -2.30. The molecule has 3 rings (SSSR count). The average molecular weight is 359 g/mol. The SMILES string of the molecule is CCN(C(=O)c1cncc(NCCc2ccccc2)c1)c1cccc(C)c1. The molecule has 0 bridgehead atoms. The topological polar surface area (TPSA) is 45.2 Å². The van der Waals surface area contributed by atoms with Crippen molar-refractivity contribution in [2.75, 3.05) is 23.3 Å². The van der Waals surface area contributed by atoms with E-state index in [0.29, 0.717) is 12.1 Å². The van der Waals surface area contributed by atoms with Gasteiger partial charge in [-0.2, -0.15) is 0 Å². The van der Waals surface area contributed by atoms with Crippen LogP contribution in [0.3, 0.4) is 0 Å². The van der Waals surface area contributed by atoms with Gasteiger partial charge in [-0.3, -0.25) is 9.78 Å². The monoisotopic (exact) mass is 359 g/mol. The number of anilines is 2. The third-order valence-electron chi connectivity index (χ3n) is 4.45. The number of carbonyl (C=O) groups excluding carboxylic acids is 1. The lowest BCUT2D eigenvalue weighted by molar-refractivity contribution is 0.0988. The van der Waals surface area contributed by atoms with Gasteiger partial charge in [0.2, 0.25) is 0 Å². The standard InChI is InChI=1S/C23H25N3O/c1-3-26(22-11-7-8-18(2)14-22)23(27)20-15-21(17-24-16-20)25-13-12-19-9-5-4-6-10-19/h4-11,14-17,25H,3,12-13H2,1-2H3. The predicted octanol–water partition coefficient (Wildman–Crippen LogP) is 4.71. The Hall–Kier alpha value is -3.14. The quantitative estimate of drug-likeness (QED) is 0.664. The molecule has 1 aromatic heterocycles. The van der Waals surface area contributed by atoms with E-state index in [1.165, 1.54) is 5.56 Å². The van der Waals surface area contributed by atoms with Gasteiger partial charge in [0.1, 0.15) is 0 Å². The van der Waals surface area contributed by atoms with E-state index < -0.39 is 0 Å². The van der Waals surface area contributed by atoms with Crippen molar-refractivity contribution in [3.8, 4) is 0 Å². The van der Waals surface area contributed by atoms with Gasteiger partial charge in [-0.15, -0.1) is 0 Å². The Balaban J connectivity index is 1.69. The molecule has 138 valence electrons. The molecule has 27 heavy (non-hydrogen) atoms.